The first-order chi connectivity index (χ1) is 9.65. The number of nitrogens with zero attached hydrogens (tertiary/aromatic N) is 1. The normalized spacial score (nSPS) is 10.1. The van der Waals surface area contributed by atoms with Crippen molar-refractivity contribution >= 4 is 5.97 Å². The van der Waals surface area contributed by atoms with E-state index in [1.165, 1.54) is 19.4 Å². The minimum absolute atomic E-state index is 0.00845. The van der Waals surface area contributed by atoms with Gasteiger partial charge in [-0.2, -0.15) is 0 Å². The number of carbonyl (C=O) groups is 1. The minimum Gasteiger partial charge on any atom is -0.493 e. The third-order valence-electron chi connectivity index (χ3n) is 2.84. The molecule has 2 aromatic rings. The fourth-order valence-corrected chi connectivity index (χ4v) is 1.76. The molecule has 0 bridgehead atoms. The van der Waals surface area contributed by atoms with E-state index in [0.717, 1.165) is 12.0 Å². The van der Waals surface area contributed by atoms with Crippen molar-refractivity contribution < 1.29 is 19.4 Å². The van der Waals surface area contributed by atoms with Gasteiger partial charge in [0.05, 0.1) is 7.11 Å². The molecule has 0 fully saturated rings. The van der Waals surface area contributed by atoms with Gasteiger partial charge in [0.2, 0.25) is 5.88 Å². The molecule has 0 saturated heterocycles. The molecule has 0 saturated carbocycles. The van der Waals surface area contributed by atoms with Crippen LogP contribution in [0.4, 0.5) is 0 Å². The van der Waals surface area contributed by atoms with Crippen molar-refractivity contribution in [3.05, 3.63) is 47.7 Å². The molecular weight excluding hydrogens is 258 g/mol. The van der Waals surface area contributed by atoms with Gasteiger partial charge < -0.3 is 14.6 Å². The van der Waals surface area contributed by atoms with Crippen LogP contribution >= 0.6 is 0 Å². The van der Waals surface area contributed by atoms with Gasteiger partial charge in [-0.3, -0.25) is 0 Å². The van der Waals surface area contributed by atoms with Gasteiger partial charge in [0.25, 0.3) is 0 Å². The second kappa shape index (κ2) is 6.06. The highest BCUT2D eigenvalue weighted by molar-refractivity contribution is 5.90. The predicted octanol–water partition coefficient (Wildman–Crippen LogP) is 3.14. The van der Waals surface area contributed by atoms with Crippen LogP contribution in [0.1, 0.15) is 22.8 Å². The Labute approximate surface area is 116 Å². The summed E-state index contributed by atoms with van der Waals surface area (Å²) < 4.78 is 10.8. The average Bonchev–Trinajstić information content (AvgIpc) is 2.48. The van der Waals surface area contributed by atoms with E-state index in [1.54, 1.807) is 12.1 Å². The second-order valence-electron chi connectivity index (χ2n) is 4.10. The number of rotatable bonds is 5. The lowest BCUT2D eigenvalue weighted by Gasteiger charge is -2.12. The summed E-state index contributed by atoms with van der Waals surface area (Å²) in [5.41, 5.74) is 1.11. The number of hydrogen-bond donors (Lipinski definition) is 1. The highest BCUT2D eigenvalue weighted by Gasteiger charge is 2.15. The molecule has 0 aliphatic carbocycles. The molecule has 0 unspecified atom stereocenters. The van der Waals surface area contributed by atoms with Crippen LogP contribution < -0.4 is 9.47 Å². The number of aromatic nitrogens is 1. The maximum Gasteiger partial charge on any atom is 0.341 e. The quantitative estimate of drug-likeness (QED) is 0.906. The molecule has 0 radical (unpaired) electrons. The number of aromatic carboxylic acids is 1. The number of ether oxygens (including phenoxy) is 2. The van der Waals surface area contributed by atoms with Crippen molar-refractivity contribution in [3.8, 4) is 17.4 Å². The third kappa shape index (κ3) is 2.88. The first-order valence-electron chi connectivity index (χ1n) is 6.18. The summed E-state index contributed by atoms with van der Waals surface area (Å²) in [6.45, 7) is 2.04. The van der Waals surface area contributed by atoms with Gasteiger partial charge in [0.15, 0.2) is 11.5 Å². The SMILES string of the molecule is CCc1ccc(Oc2ncccc2C(=O)O)c(OC)c1. The van der Waals surface area contributed by atoms with Gasteiger partial charge in [0, 0.05) is 6.20 Å². The van der Waals surface area contributed by atoms with Crippen molar-refractivity contribution in [2.24, 2.45) is 0 Å². The molecular formula is C15H15NO4. The Morgan fingerprint density at radius 2 is 2.10 bits per heavy atom. The first-order valence-corrected chi connectivity index (χ1v) is 6.18. The number of methoxy groups -OCH3 is 1. The van der Waals surface area contributed by atoms with E-state index >= 15 is 0 Å². The highest BCUT2D eigenvalue weighted by Crippen LogP contribution is 2.32. The predicted molar refractivity (Wildman–Crippen MR) is 73.6 cm³/mol. The molecule has 0 aliphatic rings. The molecule has 2 rings (SSSR count). The number of benzene rings is 1. The van der Waals surface area contributed by atoms with E-state index < -0.39 is 5.97 Å². The number of carboxylic acid groups (broad SMARTS) is 1. The Morgan fingerprint density at radius 1 is 1.30 bits per heavy atom. The summed E-state index contributed by atoms with van der Waals surface area (Å²) in [5.74, 6) is -0.0583. The Bertz CT molecular complexity index is 625. The van der Waals surface area contributed by atoms with Crippen molar-refractivity contribution in [3.63, 3.8) is 0 Å². The number of pyridine rings is 1. The second-order valence-corrected chi connectivity index (χ2v) is 4.10. The van der Waals surface area contributed by atoms with Crippen molar-refractivity contribution in [2.45, 2.75) is 13.3 Å². The average molecular weight is 273 g/mol. The maximum absolute atomic E-state index is 11.1. The van der Waals surface area contributed by atoms with Gasteiger partial charge in [-0.1, -0.05) is 13.0 Å². The summed E-state index contributed by atoms with van der Waals surface area (Å²) in [4.78, 5) is 15.1. The largest absolute Gasteiger partial charge is 0.493 e. The molecule has 0 atom stereocenters. The molecule has 1 N–H and O–H groups in total. The minimum atomic E-state index is -1.09. The lowest BCUT2D eigenvalue weighted by Crippen LogP contribution is -2.02. The topological polar surface area (TPSA) is 68.7 Å². The summed E-state index contributed by atoms with van der Waals surface area (Å²) in [7, 11) is 1.54. The lowest BCUT2D eigenvalue weighted by atomic mass is 10.1. The number of carboxylic acids is 1. The summed E-state index contributed by atoms with van der Waals surface area (Å²) in [5, 5.41) is 9.10. The van der Waals surface area contributed by atoms with E-state index in [2.05, 4.69) is 4.98 Å². The standard InChI is InChI=1S/C15H15NO4/c1-3-10-6-7-12(13(9-10)19-2)20-14-11(15(17)18)5-4-8-16-14/h4-9H,3H2,1-2H3,(H,17,18). The Balaban J connectivity index is 2.37. The van der Waals surface area contributed by atoms with E-state index in [4.69, 9.17) is 14.6 Å². The zero-order valence-electron chi connectivity index (χ0n) is 11.3. The monoisotopic (exact) mass is 273 g/mol. The number of aryl methyl sites for hydroxylation is 1. The molecule has 0 amide bonds. The highest BCUT2D eigenvalue weighted by atomic mass is 16.5. The Hall–Kier alpha value is -2.56. The molecule has 0 spiro atoms. The molecule has 1 aromatic carbocycles. The van der Waals surface area contributed by atoms with Crippen LogP contribution in [0.3, 0.4) is 0 Å². The van der Waals surface area contributed by atoms with E-state index in [0.29, 0.717) is 11.5 Å². The van der Waals surface area contributed by atoms with Crippen molar-refractivity contribution in [1.29, 1.82) is 0 Å². The fourth-order valence-electron chi connectivity index (χ4n) is 1.76. The molecule has 5 heteroatoms. The van der Waals surface area contributed by atoms with E-state index in [9.17, 15) is 4.79 Å². The zero-order valence-corrected chi connectivity index (χ0v) is 11.3. The van der Waals surface area contributed by atoms with Gasteiger partial charge in [-0.25, -0.2) is 9.78 Å². The van der Waals surface area contributed by atoms with Gasteiger partial charge >= 0.3 is 5.97 Å². The van der Waals surface area contributed by atoms with Crippen LogP contribution in [-0.2, 0) is 6.42 Å². The van der Waals surface area contributed by atoms with Gasteiger partial charge in [0.1, 0.15) is 5.56 Å². The Kier molecular flexibility index (Phi) is 4.20. The number of hydrogen-bond acceptors (Lipinski definition) is 4. The van der Waals surface area contributed by atoms with Crippen LogP contribution in [0, 0.1) is 0 Å². The van der Waals surface area contributed by atoms with Crippen molar-refractivity contribution in [1.82, 2.24) is 4.98 Å². The van der Waals surface area contributed by atoms with Crippen LogP contribution in [-0.4, -0.2) is 23.2 Å². The van der Waals surface area contributed by atoms with Gasteiger partial charge in [-0.05, 0) is 36.2 Å². The van der Waals surface area contributed by atoms with Crippen LogP contribution in [0.15, 0.2) is 36.5 Å². The summed E-state index contributed by atoms with van der Waals surface area (Å²) in [6.07, 6.45) is 2.36. The fraction of sp³-hybridized carbons (Fsp3) is 0.200. The van der Waals surface area contributed by atoms with Crippen LogP contribution in [0.5, 0.6) is 17.4 Å². The van der Waals surface area contributed by atoms with E-state index in [1.807, 2.05) is 19.1 Å². The van der Waals surface area contributed by atoms with E-state index in [-0.39, 0.29) is 11.4 Å². The first kappa shape index (κ1) is 13.9. The van der Waals surface area contributed by atoms with Crippen LogP contribution in [0.2, 0.25) is 0 Å². The summed E-state index contributed by atoms with van der Waals surface area (Å²) in [6, 6.07) is 8.50. The Morgan fingerprint density at radius 3 is 2.75 bits per heavy atom. The van der Waals surface area contributed by atoms with Crippen molar-refractivity contribution in [2.75, 3.05) is 7.11 Å². The lowest BCUT2D eigenvalue weighted by molar-refractivity contribution is 0.0693. The van der Waals surface area contributed by atoms with Crippen LogP contribution in [0.25, 0.3) is 0 Å². The molecule has 0 aliphatic heterocycles. The molecule has 1 aromatic heterocycles. The maximum atomic E-state index is 11.1. The third-order valence-corrected chi connectivity index (χ3v) is 2.84. The van der Waals surface area contributed by atoms with Gasteiger partial charge in [-0.15, -0.1) is 0 Å². The summed E-state index contributed by atoms with van der Waals surface area (Å²) >= 11 is 0. The molecule has 104 valence electrons. The molecule has 20 heavy (non-hydrogen) atoms. The zero-order chi connectivity index (χ0) is 14.5. The molecule has 1 heterocycles. The molecule has 5 nitrogen and oxygen atoms in total. The smallest absolute Gasteiger partial charge is 0.341 e.